The molecule has 0 saturated heterocycles. The molecule has 0 bridgehead atoms. The highest BCUT2D eigenvalue weighted by atomic mass is 19.2. The van der Waals surface area contributed by atoms with Gasteiger partial charge in [-0.05, 0) is 43.2 Å². The molecule has 0 saturated carbocycles. The lowest BCUT2D eigenvalue weighted by Crippen LogP contribution is -2.31. The zero-order valence-electron chi connectivity index (χ0n) is 21.4. The third-order valence-electron chi connectivity index (χ3n) is 5.34. The van der Waals surface area contributed by atoms with E-state index in [2.05, 4.69) is 23.8 Å². The van der Waals surface area contributed by atoms with Crippen LogP contribution in [0.4, 0.5) is 23.4 Å². The van der Waals surface area contributed by atoms with Crippen LogP contribution in [-0.2, 0) is 17.6 Å². The Morgan fingerprint density at radius 1 is 0.972 bits per heavy atom. The first-order chi connectivity index (χ1) is 17.1. The lowest BCUT2D eigenvalue weighted by atomic mass is 10.0. The molecule has 0 atom stereocenters. The first kappa shape index (κ1) is 28.7. The molecule has 1 aromatic heterocycles. The van der Waals surface area contributed by atoms with Crippen molar-refractivity contribution in [1.82, 2.24) is 9.97 Å². The minimum absolute atomic E-state index is 0.250. The fourth-order valence-electron chi connectivity index (χ4n) is 3.39. The number of carbonyl (C=O) groups is 1. The number of carbonyl (C=O) groups excluding carboxylic acids is 1. The Morgan fingerprint density at radius 2 is 1.56 bits per heavy atom. The number of rotatable bonds is 7. The van der Waals surface area contributed by atoms with Gasteiger partial charge in [-0.2, -0.15) is 0 Å². The summed E-state index contributed by atoms with van der Waals surface area (Å²) in [5, 5.41) is 0. The molecule has 2 aromatic carbocycles. The summed E-state index contributed by atoms with van der Waals surface area (Å²) in [7, 11) is 2.99. The number of likely N-dealkylation sites (N-methyl/N-ethyl adjacent to an activating group) is 1. The van der Waals surface area contributed by atoms with Crippen molar-refractivity contribution in [2.75, 3.05) is 19.1 Å². The first-order valence-corrected chi connectivity index (χ1v) is 11.7. The third-order valence-corrected chi connectivity index (χ3v) is 5.34. The summed E-state index contributed by atoms with van der Waals surface area (Å²) in [5.74, 6) is -6.68. The lowest BCUT2D eigenvalue weighted by Gasteiger charge is -2.20. The summed E-state index contributed by atoms with van der Waals surface area (Å²) in [6.07, 6.45) is 3.31. The number of benzene rings is 2. The SMILES string of the molecule is CCC.CCCc1nc(-c2ccc(OC)cc2)cnc1N(C)C(=O)Cc1c(C)c(F)c(F)c(F)c1F. The minimum atomic E-state index is -1.95. The Balaban J connectivity index is 0.00000145. The molecule has 0 radical (unpaired) electrons. The number of halogens is 4. The van der Waals surface area contributed by atoms with E-state index in [0.29, 0.717) is 23.6 Å². The van der Waals surface area contributed by atoms with Gasteiger partial charge in [-0.1, -0.05) is 33.6 Å². The number of ether oxygens (including phenoxy) is 1. The quantitative estimate of drug-likeness (QED) is 0.207. The van der Waals surface area contributed by atoms with E-state index in [1.54, 1.807) is 19.2 Å². The van der Waals surface area contributed by atoms with E-state index in [9.17, 15) is 22.4 Å². The van der Waals surface area contributed by atoms with Crippen molar-refractivity contribution in [2.45, 2.75) is 53.4 Å². The van der Waals surface area contributed by atoms with Crippen LogP contribution in [0, 0.1) is 30.2 Å². The summed E-state index contributed by atoms with van der Waals surface area (Å²) in [4.78, 5) is 23.0. The van der Waals surface area contributed by atoms with Gasteiger partial charge in [-0.3, -0.25) is 9.69 Å². The summed E-state index contributed by atoms with van der Waals surface area (Å²) >= 11 is 0. The van der Waals surface area contributed by atoms with Gasteiger partial charge in [0.25, 0.3) is 0 Å². The Bertz CT molecular complexity index is 1170. The fraction of sp³-hybridized carbons (Fsp3) is 0.370. The highest BCUT2D eigenvalue weighted by Crippen LogP contribution is 2.27. The lowest BCUT2D eigenvalue weighted by molar-refractivity contribution is -0.117. The fourth-order valence-corrected chi connectivity index (χ4v) is 3.39. The Labute approximate surface area is 209 Å². The molecule has 3 aromatic rings. The molecule has 0 fully saturated rings. The van der Waals surface area contributed by atoms with Crippen molar-refractivity contribution in [1.29, 1.82) is 0 Å². The molecule has 5 nitrogen and oxygen atoms in total. The van der Waals surface area contributed by atoms with E-state index in [0.717, 1.165) is 23.8 Å². The Hall–Kier alpha value is -3.49. The van der Waals surface area contributed by atoms with Crippen LogP contribution >= 0.6 is 0 Å². The summed E-state index contributed by atoms with van der Waals surface area (Å²) in [6.45, 7) is 7.28. The highest BCUT2D eigenvalue weighted by molar-refractivity contribution is 5.94. The summed E-state index contributed by atoms with van der Waals surface area (Å²) < 4.78 is 60.4. The van der Waals surface area contributed by atoms with Gasteiger partial charge < -0.3 is 4.74 Å². The molecule has 9 heteroatoms. The van der Waals surface area contributed by atoms with E-state index in [1.165, 1.54) is 19.7 Å². The third kappa shape index (κ3) is 6.38. The second-order valence-corrected chi connectivity index (χ2v) is 8.20. The number of nitrogens with zero attached hydrogens (tertiary/aromatic N) is 3. The maximum atomic E-state index is 14.2. The number of aromatic nitrogens is 2. The van der Waals surface area contributed by atoms with Crippen molar-refractivity contribution in [3.05, 3.63) is 70.6 Å². The van der Waals surface area contributed by atoms with Crippen LogP contribution in [0.3, 0.4) is 0 Å². The van der Waals surface area contributed by atoms with Gasteiger partial charge in [0.2, 0.25) is 5.91 Å². The smallest absolute Gasteiger partial charge is 0.232 e. The first-order valence-electron chi connectivity index (χ1n) is 11.7. The number of methoxy groups -OCH3 is 1. The van der Waals surface area contributed by atoms with Crippen LogP contribution in [0.25, 0.3) is 11.3 Å². The van der Waals surface area contributed by atoms with Gasteiger partial charge in [-0.15, -0.1) is 0 Å². The molecular weight excluding hydrogens is 474 g/mol. The molecule has 1 amide bonds. The molecule has 3 rings (SSSR count). The molecule has 0 aliphatic heterocycles. The van der Waals surface area contributed by atoms with Crippen LogP contribution < -0.4 is 9.64 Å². The van der Waals surface area contributed by atoms with Crippen molar-refractivity contribution in [3.63, 3.8) is 0 Å². The molecule has 0 aliphatic carbocycles. The number of aryl methyl sites for hydroxylation is 1. The molecule has 194 valence electrons. The van der Waals surface area contributed by atoms with Crippen molar-refractivity contribution in [3.8, 4) is 17.0 Å². The van der Waals surface area contributed by atoms with Gasteiger partial charge in [0.1, 0.15) is 5.75 Å². The molecule has 0 aliphatic rings. The normalized spacial score (nSPS) is 10.5. The highest BCUT2D eigenvalue weighted by Gasteiger charge is 2.26. The average Bonchev–Trinajstić information content (AvgIpc) is 2.89. The molecule has 0 spiro atoms. The number of anilines is 1. The number of hydrogen-bond donors (Lipinski definition) is 0. The molecule has 0 unspecified atom stereocenters. The van der Waals surface area contributed by atoms with Gasteiger partial charge in [-0.25, -0.2) is 27.5 Å². The van der Waals surface area contributed by atoms with E-state index >= 15 is 0 Å². The second-order valence-electron chi connectivity index (χ2n) is 8.20. The molecule has 36 heavy (non-hydrogen) atoms. The van der Waals surface area contributed by atoms with Gasteiger partial charge in [0.15, 0.2) is 29.1 Å². The molecule has 1 heterocycles. The van der Waals surface area contributed by atoms with Gasteiger partial charge >= 0.3 is 0 Å². The zero-order valence-corrected chi connectivity index (χ0v) is 21.4. The minimum Gasteiger partial charge on any atom is -0.497 e. The predicted molar refractivity (Wildman–Crippen MR) is 132 cm³/mol. The van der Waals surface area contributed by atoms with E-state index in [-0.39, 0.29) is 5.82 Å². The monoisotopic (exact) mass is 505 g/mol. The van der Waals surface area contributed by atoms with E-state index in [1.807, 2.05) is 19.1 Å². The van der Waals surface area contributed by atoms with Gasteiger partial charge in [0, 0.05) is 18.2 Å². The maximum Gasteiger partial charge on any atom is 0.232 e. The van der Waals surface area contributed by atoms with Gasteiger partial charge in [0.05, 0.1) is 31.1 Å². The Kier molecular flexibility index (Phi) is 10.4. The van der Waals surface area contributed by atoms with Crippen LogP contribution in [-0.4, -0.2) is 30.0 Å². The number of hydrogen-bond acceptors (Lipinski definition) is 4. The predicted octanol–water partition coefficient (Wildman–Crippen LogP) is 6.59. The topological polar surface area (TPSA) is 55.3 Å². The van der Waals surface area contributed by atoms with Crippen LogP contribution in [0.1, 0.15) is 50.4 Å². The van der Waals surface area contributed by atoms with Crippen molar-refractivity contribution < 1.29 is 27.1 Å². The van der Waals surface area contributed by atoms with Crippen molar-refractivity contribution >= 4 is 11.7 Å². The second kappa shape index (κ2) is 13.0. The molecule has 0 N–H and O–H groups in total. The largest absolute Gasteiger partial charge is 0.497 e. The average molecular weight is 506 g/mol. The molecular formula is C27H31F4N3O2. The Morgan fingerprint density at radius 3 is 2.11 bits per heavy atom. The van der Waals surface area contributed by atoms with Crippen molar-refractivity contribution in [2.24, 2.45) is 0 Å². The standard InChI is InChI=1S/C24H23F4N3O2.C3H8/c1-5-6-17-24(29-12-18(30-17)14-7-9-15(33-4)10-8-14)31(3)19(32)11-16-13(2)20(25)22(27)23(28)21(16)26;1-3-2/h7-10,12H,5-6,11H2,1-4H3;3H2,1-2H3. The summed E-state index contributed by atoms with van der Waals surface area (Å²) in [6, 6.07) is 7.24. The van der Waals surface area contributed by atoms with E-state index < -0.39 is 46.7 Å². The summed E-state index contributed by atoms with van der Waals surface area (Å²) in [5.41, 5.74) is 0.938. The van der Waals surface area contributed by atoms with E-state index in [4.69, 9.17) is 4.74 Å². The maximum absolute atomic E-state index is 14.2. The van der Waals surface area contributed by atoms with Crippen LogP contribution in [0.15, 0.2) is 30.5 Å². The number of amides is 1. The van der Waals surface area contributed by atoms with Crippen LogP contribution in [0.5, 0.6) is 5.75 Å². The zero-order chi connectivity index (χ0) is 27.0. The van der Waals surface area contributed by atoms with Crippen LogP contribution in [0.2, 0.25) is 0 Å².